The first kappa shape index (κ1) is 8.42. The van der Waals surface area contributed by atoms with Gasteiger partial charge < -0.3 is 0 Å². The average molecular weight is 213 g/mol. The second-order valence-electron chi connectivity index (χ2n) is 2.34. The quantitative estimate of drug-likeness (QED) is 0.673. The van der Waals surface area contributed by atoms with Gasteiger partial charge in [-0.3, -0.25) is 0 Å². The van der Waals surface area contributed by atoms with Crippen LogP contribution in [0.25, 0.3) is 10.2 Å². The Morgan fingerprint density at radius 3 is 3.00 bits per heavy atom. The van der Waals surface area contributed by atoms with Gasteiger partial charge in [-0.15, -0.1) is 11.3 Å². The predicted octanol–water partition coefficient (Wildman–Crippen LogP) is 2.96. The van der Waals surface area contributed by atoms with Crippen LogP contribution in [0.5, 0.6) is 0 Å². The molecule has 0 unspecified atom stereocenters. The van der Waals surface area contributed by atoms with Gasteiger partial charge in [0, 0.05) is 0 Å². The highest BCUT2D eigenvalue weighted by Gasteiger charge is 2.10. The second-order valence-corrected chi connectivity index (χ2v) is 3.78. The third-order valence-corrected chi connectivity index (χ3v) is 2.76. The lowest BCUT2D eigenvalue weighted by Crippen LogP contribution is -1.79. The molecular weight excluding hydrogens is 211 g/mol. The van der Waals surface area contributed by atoms with Crippen molar-refractivity contribution in [1.82, 2.24) is 4.98 Å². The minimum atomic E-state index is -0.558. The van der Waals surface area contributed by atoms with Gasteiger partial charge >= 0.3 is 0 Å². The van der Waals surface area contributed by atoms with Gasteiger partial charge in [-0.25, -0.2) is 9.37 Å². The zero-order valence-corrected chi connectivity index (χ0v) is 7.79. The normalized spacial score (nSPS) is 10.2. The van der Waals surface area contributed by atoms with Crippen LogP contribution in [0.2, 0.25) is 5.02 Å². The summed E-state index contributed by atoms with van der Waals surface area (Å²) >= 11 is 6.70. The summed E-state index contributed by atoms with van der Waals surface area (Å²) in [5, 5.41) is 8.82. The van der Waals surface area contributed by atoms with Gasteiger partial charge in [0.05, 0.1) is 9.72 Å². The lowest BCUT2D eigenvalue weighted by molar-refractivity contribution is 0.637. The molecule has 0 atom stereocenters. The van der Waals surface area contributed by atoms with Crippen LogP contribution in [0, 0.1) is 17.1 Å². The molecule has 0 N–H and O–H groups in total. The number of nitrogens with zero attached hydrogens (tertiary/aromatic N) is 2. The molecular formula is C8H2ClFN2S. The number of hydrogen-bond acceptors (Lipinski definition) is 3. The van der Waals surface area contributed by atoms with Crippen molar-refractivity contribution < 1.29 is 4.39 Å². The standard InChI is InChI=1S/C8H2ClFN2S/c9-4-1-2-5-8(7(4)10)12-6(3-11)13-5/h1-2H. The number of fused-ring (bicyclic) bond motifs is 1. The number of hydrogen-bond donors (Lipinski definition) is 0. The van der Waals surface area contributed by atoms with Gasteiger partial charge in [0.15, 0.2) is 10.8 Å². The fourth-order valence-electron chi connectivity index (χ4n) is 0.985. The fraction of sp³-hybridized carbons (Fsp3) is 0. The minimum absolute atomic E-state index is 0.0299. The Morgan fingerprint density at radius 2 is 2.31 bits per heavy atom. The number of nitriles is 1. The molecule has 0 amide bonds. The first-order chi connectivity index (χ1) is 6.22. The first-order valence-electron chi connectivity index (χ1n) is 3.37. The molecule has 1 aromatic carbocycles. The van der Waals surface area contributed by atoms with E-state index in [0.29, 0.717) is 4.70 Å². The molecule has 0 radical (unpaired) electrons. The molecule has 0 saturated heterocycles. The number of aromatic nitrogens is 1. The Bertz CT molecular complexity index is 515. The molecule has 2 aromatic rings. The van der Waals surface area contributed by atoms with Gasteiger partial charge in [0.1, 0.15) is 11.6 Å². The summed E-state index contributed by atoms with van der Waals surface area (Å²) in [5.74, 6) is -0.558. The van der Waals surface area contributed by atoms with Crippen molar-refractivity contribution in [2.75, 3.05) is 0 Å². The lowest BCUT2D eigenvalue weighted by Gasteiger charge is -1.92. The summed E-state index contributed by atoms with van der Waals surface area (Å²) < 4.78 is 13.9. The summed E-state index contributed by atoms with van der Waals surface area (Å²) in [5.41, 5.74) is 0.175. The van der Waals surface area contributed by atoms with Crippen LogP contribution in [0.1, 0.15) is 5.01 Å². The van der Waals surface area contributed by atoms with E-state index in [4.69, 9.17) is 16.9 Å². The van der Waals surface area contributed by atoms with E-state index in [1.807, 2.05) is 6.07 Å². The van der Waals surface area contributed by atoms with Crippen LogP contribution < -0.4 is 0 Å². The summed E-state index contributed by atoms with van der Waals surface area (Å²) in [6.45, 7) is 0. The summed E-state index contributed by atoms with van der Waals surface area (Å²) in [4.78, 5) is 3.79. The molecule has 1 aromatic heterocycles. The second kappa shape index (κ2) is 2.95. The monoisotopic (exact) mass is 212 g/mol. The third-order valence-electron chi connectivity index (χ3n) is 1.55. The zero-order valence-electron chi connectivity index (χ0n) is 6.21. The van der Waals surface area contributed by atoms with E-state index in [-0.39, 0.29) is 15.5 Å². The highest BCUT2D eigenvalue weighted by atomic mass is 35.5. The molecule has 0 bridgehead atoms. The van der Waals surface area contributed by atoms with Crippen molar-refractivity contribution >= 4 is 33.2 Å². The molecule has 0 spiro atoms. The summed E-state index contributed by atoms with van der Waals surface area (Å²) in [6, 6.07) is 4.97. The number of halogens is 2. The molecule has 0 aliphatic heterocycles. The molecule has 13 heavy (non-hydrogen) atoms. The average Bonchev–Trinajstić information content (AvgIpc) is 2.55. The summed E-state index contributed by atoms with van der Waals surface area (Å²) in [6.07, 6.45) is 0. The van der Waals surface area contributed by atoms with Crippen LogP contribution in [-0.4, -0.2) is 4.98 Å². The van der Waals surface area contributed by atoms with Crippen LogP contribution in [-0.2, 0) is 0 Å². The maximum Gasteiger partial charge on any atom is 0.195 e. The van der Waals surface area contributed by atoms with E-state index in [1.54, 1.807) is 6.07 Å². The van der Waals surface area contributed by atoms with Crippen molar-refractivity contribution in [1.29, 1.82) is 5.26 Å². The number of rotatable bonds is 0. The van der Waals surface area contributed by atoms with Crippen molar-refractivity contribution in [2.45, 2.75) is 0 Å². The maximum atomic E-state index is 13.3. The molecule has 0 aliphatic rings. The molecule has 1 heterocycles. The SMILES string of the molecule is N#Cc1nc2c(F)c(Cl)ccc2s1. The largest absolute Gasteiger partial charge is 0.223 e. The fourth-order valence-corrected chi connectivity index (χ4v) is 1.90. The number of benzene rings is 1. The topological polar surface area (TPSA) is 36.7 Å². The van der Waals surface area contributed by atoms with Crippen LogP contribution in [0.3, 0.4) is 0 Å². The molecule has 2 nitrogen and oxygen atoms in total. The third kappa shape index (κ3) is 1.26. The van der Waals surface area contributed by atoms with Gasteiger partial charge in [0.25, 0.3) is 0 Å². The van der Waals surface area contributed by atoms with Crippen molar-refractivity contribution in [2.24, 2.45) is 0 Å². The van der Waals surface area contributed by atoms with Crippen LogP contribution in [0.15, 0.2) is 12.1 Å². The first-order valence-corrected chi connectivity index (χ1v) is 4.56. The Balaban J connectivity index is 2.86. The van der Waals surface area contributed by atoms with Gasteiger partial charge in [-0.1, -0.05) is 11.6 Å². The van der Waals surface area contributed by atoms with E-state index < -0.39 is 5.82 Å². The molecule has 2 rings (SSSR count). The van der Waals surface area contributed by atoms with E-state index in [9.17, 15) is 4.39 Å². The zero-order chi connectivity index (χ0) is 9.42. The Labute approximate surface area is 82.2 Å². The van der Waals surface area contributed by atoms with Crippen molar-refractivity contribution in [3.63, 3.8) is 0 Å². The Morgan fingerprint density at radius 1 is 1.54 bits per heavy atom. The van der Waals surface area contributed by atoms with E-state index >= 15 is 0 Å². The molecule has 0 saturated carbocycles. The van der Waals surface area contributed by atoms with Crippen molar-refractivity contribution in [3.8, 4) is 6.07 Å². The Hall–Kier alpha value is -1.18. The molecule has 0 aliphatic carbocycles. The van der Waals surface area contributed by atoms with E-state index in [0.717, 1.165) is 11.3 Å². The Kier molecular flexibility index (Phi) is 1.91. The van der Waals surface area contributed by atoms with Crippen molar-refractivity contribution in [3.05, 3.63) is 28.0 Å². The van der Waals surface area contributed by atoms with E-state index in [2.05, 4.69) is 4.98 Å². The van der Waals surface area contributed by atoms with Crippen LogP contribution >= 0.6 is 22.9 Å². The lowest BCUT2D eigenvalue weighted by atomic mass is 10.3. The van der Waals surface area contributed by atoms with Crippen LogP contribution in [0.4, 0.5) is 4.39 Å². The maximum absolute atomic E-state index is 13.3. The smallest absolute Gasteiger partial charge is 0.195 e. The van der Waals surface area contributed by atoms with E-state index in [1.165, 1.54) is 6.07 Å². The van der Waals surface area contributed by atoms with Gasteiger partial charge in [-0.2, -0.15) is 5.26 Å². The highest BCUT2D eigenvalue weighted by molar-refractivity contribution is 7.19. The van der Waals surface area contributed by atoms with Gasteiger partial charge in [-0.05, 0) is 12.1 Å². The minimum Gasteiger partial charge on any atom is -0.223 e. The molecule has 64 valence electrons. The predicted molar refractivity (Wildman–Crippen MR) is 49.3 cm³/mol. The van der Waals surface area contributed by atoms with Gasteiger partial charge in [0.2, 0.25) is 0 Å². The highest BCUT2D eigenvalue weighted by Crippen LogP contribution is 2.27. The summed E-state index contributed by atoms with van der Waals surface area (Å²) in [7, 11) is 0. The number of thiazole rings is 1. The molecule has 5 heteroatoms. The molecule has 0 fully saturated rings.